The summed E-state index contributed by atoms with van der Waals surface area (Å²) in [6.45, 7) is 4.17. The molecule has 0 amide bonds. The Hall–Kier alpha value is -2.33. The molecule has 0 fully saturated rings. The third-order valence-corrected chi connectivity index (χ3v) is 3.57. The van der Waals surface area contributed by atoms with Gasteiger partial charge in [0.25, 0.3) is 0 Å². The standard InChI is InChI=1S/C16H14N2OS/c1-11-14-5-3-4-6-15(14)17-16(20)18(11)12-7-9-13(19-2)10-8-12/h3-10H,1H2,2H3,(H,17,20). The lowest BCUT2D eigenvalue weighted by molar-refractivity contribution is 0.415. The van der Waals surface area contributed by atoms with Gasteiger partial charge in [0, 0.05) is 16.9 Å². The molecule has 0 atom stereocenters. The smallest absolute Gasteiger partial charge is 0.182 e. The lowest BCUT2D eigenvalue weighted by Crippen LogP contribution is -2.37. The third-order valence-electron chi connectivity index (χ3n) is 3.28. The molecule has 4 heteroatoms. The average Bonchev–Trinajstić information content (AvgIpc) is 2.48. The number of para-hydroxylation sites is 1. The third kappa shape index (κ3) is 2.04. The molecule has 0 radical (unpaired) electrons. The first-order chi connectivity index (χ1) is 9.70. The minimum Gasteiger partial charge on any atom is -0.497 e. The van der Waals surface area contributed by atoms with Gasteiger partial charge in [0.2, 0.25) is 0 Å². The second kappa shape index (κ2) is 4.98. The number of benzene rings is 2. The fourth-order valence-corrected chi connectivity index (χ4v) is 2.59. The minimum atomic E-state index is 0.624. The summed E-state index contributed by atoms with van der Waals surface area (Å²) in [4.78, 5) is 1.93. The van der Waals surface area contributed by atoms with Crippen molar-refractivity contribution in [1.82, 2.24) is 0 Å². The van der Waals surface area contributed by atoms with E-state index in [2.05, 4.69) is 11.9 Å². The van der Waals surface area contributed by atoms with Crippen molar-refractivity contribution < 1.29 is 4.74 Å². The van der Waals surface area contributed by atoms with Crippen LogP contribution in [0.25, 0.3) is 5.70 Å². The van der Waals surface area contributed by atoms with Crippen LogP contribution in [0.4, 0.5) is 11.4 Å². The van der Waals surface area contributed by atoms with Crippen molar-refractivity contribution >= 4 is 34.4 Å². The molecule has 0 saturated carbocycles. The summed E-state index contributed by atoms with van der Waals surface area (Å²) in [6.07, 6.45) is 0. The zero-order chi connectivity index (χ0) is 14.1. The molecule has 1 aliphatic heterocycles. The molecular formula is C16H14N2OS. The van der Waals surface area contributed by atoms with Crippen molar-refractivity contribution in [3.8, 4) is 5.75 Å². The van der Waals surface area contributed by atoms with E-state index in [0.29, 0.717) is 5.11 Å². The fourth-order valence-electron chi connectivity index (χ4n) is 2.26. The van der Waals surface area contributed by atoms with Crippen molar-refractivity contribution in [2.45, 2.75) is 0 Å². The molecule has 20 heavy (non-hydrogen) atoms. The minimum absolute atomic E-state index is 0.624. The van der Waals surface area contributed by atoms with Gasteiger partial charge in [0.05, 0.1) is 12.8 Å². The van der Waals surface area contributed by atoms with Crippen LogP contribution in [0.3, 0.4) is 0 Å². The van der Waals surface area contributed by atoms with Gasteiger partial charge < -0.3 is 10.1 Å². The molecule has 0 aromatic heterocycles. The normalized spacial score (nSPS) is 13.8. The van der Waals surface area contributed by atoms with E-state index in [1.165, 1.54) is 0 Å². The maximum Gasteiger partial charge on any atom is 0.182 e. The molecule has 2 aromatic carbocycles. The number of nitrogens with one attached hydrogen (secondary N) is 1. The maximum absolute atomic E-state index is 5.45. The van der Waals surface area contributed by atoms with Gasteiger partial charge in [-0.2, -0.15) is 0 Å². The Labute approximate surface area is 123 Å². The fraction of sp³-hybridized carbons (Fsp3) is 0.0625. The van der Waals surface area contributed by atoms with Gasteiger partial charge in [-0.05, 0) is 42.5 Å². The first kappa shape index (κ1) is 12.7. The maximum atomic E-state index is 5.45. The number of fused-ring (bicyclic) bond motifs is 1. The lowest BCUT2D eigenvalue weighted by Gasteiger charge is -2.33. The van der Waals surface area contributed by atoms with Gasteiger partial charge in [-0.25, -0.2) is 0 Å². The Morgan fingerprint density at radius 2 is 1.80 bits per heavy atom. The van der Waals surface area contributed by atoms with Crippen molar-refractivity contribution in [3.63, 3.8) is 0 Å². The van der Waals surface area contributed by atoms with Crippen LogP contribution < -0.4 is 15.0 Å². The summed E-state index contributed by atoms with van der Waals surface area (Å²) in [5, 5.41) is 3.86. The Morgan fingerprint density at radius 3 is 2.50 bits per heavy atom. The van der Waals surface area contributed by atoms with Crippen molar-refractivity contribution in [1.29, 1.82) is 0 Å². The first-order valence-electron chi connectivity index (χ1n) is 6.24. The highest BCUT2D eigenvalue weighted by Crippen LogP contribution is 2.34. The zero-order valence-electron chi connectivity index (χ0n) is 11.1. The highest BCUT2D eigenvalue weighted by molar-refractivity contribution is 7.80. The Morgan fingerprint density at radius 1 is 1.10 bits per heavy atom. The van der Waals surface area contributed by atoms with E-state index in [1.54, 1.807) is 7.11 Å². The molecule has 1 aliphatic rings. The van der Waals surface area contributed by atoms with Crippen molar-refractivity contribution in [3.05, 3.63) is 60.7 Å². The molecule has 0 saturated heterocycles. The summed E-state index contributed by atoms with van der Waals surface area (Å²) in [5.74, 6) is 0.815. The number of nitrogens with zero attached hydrogens (tertiary/aromatic N) is 1. The van der Waals surface area contributed by atoms with Crippen LogP contribution in [-0.2, 0) is 0 Å². The van der Waals surface area contributed by atoms with E-state index >= 15 is 0 Å². The topological polar surface area (TPSA) is 24.5 Å². The monoisotopic (exact) mass is 282 g/mol. The van der Waals surface area contributed by atoms with E-state index in [9.17, 15) is 0 Å². The molecule has 3 rings (SSSR count). The van der Waals surface area contributed by atoms with Crippen LogP contribution in [0.2, 0.25) is 0 Å². The second-order valence-corrected chi connectivity index (χ2v) is 4.84. The largest absolute Gasteiger partial charge is 0.497 e. The highest BCUT2D eigenvalue weighted by Gasteiger charge is 2.24. The van der Waals surface area contributed by atoms with Crippen LogP contribution in [0.1, 0.15) is 5.56 Å². The zero-order valence-corrected chi connectivity index (χ0v) is 11.9. The van der Waals surface area contributed by atoms with Crippen LogP contribution in [0, 0.1) is 0 Å². The van der Waals surface area contributed by atoms with Gasteiger partial charge in [-0.1, -0.05) is 24.8 Å². The summed E-state index contributed by atoms with van der Waals surface area (Å²) in [6, 6.07) is 15.7. The molecule has 2 aromatic rings. The molecule has 3 nitrogen and oxygen atoms in total. The van der Waals surface area contributed by atoms with Gasteiger partial charge in [0.1, 0.15) is 5.75 Å². The predicted molar refractivity (Wildman–Crippen MR) is 87.2 cm³/mol. The van der Waals surface area contributed by atoms with Gasteiger partial charge in [-0.3, -0.25) is 4.90 Å². The van der Waals surface area contributed by atoms with Crippen LogP contribution in [0.15, 0.2) is 55.1 Å². The van der Waals surface area contributed by atoms with Crippen molar-refractivity contribution in [2.24, 2.45) is 0 Å². The molecule has 1 heterocycles. The van der Waals surface area contributed by atoms with Gasteiger partial charge >= 0.3 is 0 Å². The van der Waals surface area contributed by atoms with Crippen LogP contribution in [-0.4, -0.2) is 12.2 Å². The molecule has 0 aliphatic carbocycles. The number of hydrogen-bond donors (Lipinski definition) is 1. The SMILES string of the molecule is C=C1c2ccccc2NC(=S)N1c1ccc(OC)cc1. The van der Waals surface area contributed by atoms with E-state index in [-0.39, 0.29) is 0 Å². The molecule has 0 bridgehead atoms. The Bertz CT molecular complexity index is 679. The number of ether oxygens (including phenoxy) is 1. The van der Waals surface area contributed by atoms with E-state index in [0.717, 1.165) is 28.4 Å². The van der Waals surface area contributed by atoms with E-state index < -0.39 is 0 Å². The number of anilines is 2. The molecular weight excluding hydrogens is 268 g/mol. The van der Waals surface area contributed by atoms with Crippen LogP contribution in [0.5, 0.6) is 5.75 Å². The predicted octanol–water partition coefficient (Wildman–Crippen LogP) is 3.88. The van der Waals surface area contributed by atoms with Crippen LogP contribution >= 0.6 is 12.2 Å². The van der Waals surface area contributed by atoms with Gasteiger partial charge in [-0.15, -0.1) is 0 Å². The summed E-state index contributed by atoms with van der Waals surface area (Å²) < 4.78 is 5.18. The summed E-state index contributed by atoms with van der Waals surface area (Å²) >= 11 is 5.45. The van der Waals surface area contributed by atoms with Crippen molar-refractivity contribution in [2.75, 3.05) is 17.3 Å². The molecule has 100 valence electrons. The first-order valence-corrected chi connectivity index (χ1v) is 6.65. The number of methoxy groups -OCH3 is 1. The lowest BCUT2D eigenvalue weighted by atomic mass is 10.1. The average molecular weight is 282 g/mol. The number of rotatable bonds is 2. The summed E-state index contributed by atoms with van der Waals surface area (Å²) in [7, 11) is 1.65. The Balaban J connectivity index is 2.01. The Kier molecular flexibility index (Phi) is 3.16. The number of hydrogen-bond acceptors (Lipinski definition) is 2. The molecule has 0 spiro atoms. The number of thiocarbonyl (C=S) groups is 1. The quantitative estimate of drug-likeness (QED) is 0.845. The molecule has 0 unspecified atom stereocenters. The van der Waals surface area contributed by atoms with E-state index in [4.69, 9.17) is 17.0 Å². The van der Waals surface area contributed by atoms with Gasteiger partial charge in [0.15, 0.2) is 5.11 Å². The second-order valence-electron chi connectivity index (χ2n) is 4.46. The van der Waals surface area contributed by atoms with E-state index in [1.807, 2.05) is 53.4 Å². The summed E-state index contributed by atoms with van der Waals surface area (Å²) in [5.41, 5.74) is 3.88. The highest BCUT2D eigenvalue weighted by atomic mass is 32.1. The molecule has 1 N–H and O–H groups in total.